The molecule has 0 saturated heterocycles. The first-order chi connectivity index (χ1) is 6.04. The highest BCUT2D eigenvalue weighted by molar-refractivity contribution is 4.93. The van der Waals surface area contributed by atoms with Crippen molar-refractivity contribution in [1.29, 1.82) is 0 Å². The maximum absolute atomic E-state index is 5.90. The van der Waals surface area contributed by atoms with Crippen molar-refractivity contribution in [2.75, 3.05) is 13.2 Å². The fraction of sp³-hybridized carbons (Fsp3) is 1.00. The summed E-state index contributed by atoms with van der Waals surface area (Å²) in [4.78, 5) is 0. The molecule has 0 spiro atoms. The highest BCUT2D eigenvalue weighted by atomic mass is 16.5. The molecular weight excluding hydrogens is 162 g/mol. The van der Waals surface area contributed by atoms with Gasteiger partial charge in [-0.25, -0.2) is 0 Å². The highest BCUT2D eigenvalue weighted by Crippen LogP contribution is 2.49. The minimum absolute atomic E-state index is 0.0458. The zero-order chi connectivity index (χ0) is 9.95. The van der Waals surface area contributed by atoms with Crippen molar-refractivity contribution in [2.24, 2.45) is 11.1 Å². The van der Waals surface area contributed by atoms with Crippen LogP contribution in [0.3, 0.4) is 0 Å². The second-order valence-electron chi connectivity index (χ2n) is 4.94. The molecule has 2 heteroatoms. The Morgan fingerprint density at radius 3 is 2.38 bits per heavy atom. The van der Waals surface area contributed by atoms with Crippen LogP contribution in [0.1, 0.15) is 46.5 Å². The maximum Gasteiger partial charge on any atom is 0.0624 e. The topological polar surface area (TPSA) is 35.2 Å². The molecule has 2 nitrogen and oxygen atoms in total. The molecule has 0 bridgehead atoms. The van der Waals surface area contributed by atoms with Gasteiger partial charge in [-0.15, -0.1) is 0 Å². The summed E-state index contributed by atoms with van der Waals surface area (Å²) in [6.07, 6.45) is 4.83. The Balaban J connectivity index is 2.25. The van der Waals surface area contributed by atoms with Crippen LogP contribution in [0.15, 0.2) is 0 Å². The summed E-state index contributed by atoms with van der Waals surface area (Å²) in [6.45, 7) is 8.19. The van der Waals surface area contributed by atoms with Gasteiger partial charge in [0.2, 0.25) is 0 Å². The van der Waals surface area contributed by atoms with Crippen LogP contribution in [-0.4, -0.2) is 18.8 Å². The Morgan fingerprint density at radius 1 is 1.38 bits per heavy atom. The smallest absolute Gasteiger partial charge is 0.0624 e. The van der Waals surface area contributed by atoms with E-state index in [2.05, 4.69) is 20.8 Å². The maximum atomic E-state index is 5.90. The quantitative estimate of drug-likeness (QED) is 0.689. The summed E-state index contributed by atoms with van der Waals surface area (Å²) >= 11 is 0. The van der Waals surface area contributed by atoms with E-state index in [9.17, 15) is 0 Å². The second kappa shape index (κ2) is 3.97. The van der Waals surface area contributed by atoms with Gasteiger partial charge in [0.25, 0.3) is 0 Å². The fourth-order valence-electron chi connectivity index (χ4n) is 1.40. The lowest BCUT2D eigenvalue weighted by atomic mass is 10.0. The molecule has 1 rings (SSSR count). The average molecular weight is 185 g/mol. The van der Waals surface area contributed by atoms with Gasteiger partial charge in [0, 0.05) is 0 Å². The van der Waals surface area contributed by atoms with Crippen molar-refractivity contribution < 1.29 is 4.74 Å². The molecule has 13 heavy (non-hydrogen) atoms. The van der Waals surface area contributed by atoms with Crippen LogP contribution in [-0.2, 0) is 4.74 Å². The summed E-state index contributed by atoms with van der Waals surface area (Å²) in [5.74, 6) is 0. The van der Waals surface area contributed by atoms with Gasteiger partial charge in [-0.1, -0.05) is 6.92 Å². The van der Waals surface area contributed by atoms with Crippen LogP contribution in [0, 0.1) is 5.41 Å². The Labute approximate surface area is 81.8 Å². The van der Waals surface area contributed by atoms with E-state index < -0.39 is 0 Å². The largest absolute Gasteiger partial charge is 0.375 e. The zero-order valence-corrected chi connectivity index (χ0v) is 9.23. The molecular formula is C11H23NO. The van der Waals surface area contributed by atoms with Gasteiger partial charge in [0.1, 0.15) is 0 Å². The van der Waals surface area contributed by atoms with Gasteiger partial charge in [-0.2, -0.15) is 0 Å². The minimum Gasteiger partial charge on any atom is -0.375 e. The molecule has 0 heterocycles. The van der Waals surface area contributed by atoms with Gasteiger partial charge in [0.15, 0.2) is 0 Å². The van der Waals surface area contributed by atoms with Crippen LogP contribution in [0.5, 0.6) is 0 Å². The molecule has 0 unspecified atom stereocenters. The third kappa shape index (κ3) is 3.28. The Bertz CT molecular complexity index is 161. The monoisotopic (exact) mass is 185 g/mol. The standard InChI is InChI=1S/C11H23NO/c1-4-10(2,3)13-9-11(5-6-11)7-8-12/h4-9,12H2,1-3H3. The van der Waals surface area contributed by atoms with Crippen molar-refractivity contribution in [3.05, 3.63) is 0 Å². The number of hydrogen-bond donors (Lipinski definition) is 1. The molecule has 2 N–H and O–H groups in total. The van der Waals surface area contributed by atoms with Gasteiger partial charge >= 0.3 is 0 Å². The second-order valence-corrected chi connectivity index (χ2v) is 4.94. The van der Waals surface area contributed by atoms with Crippen molar-refractivity contribution in [1.82, 2.24) is 0 Å². The molecule has 1 aliphatic rings. The van der Waals surface area contributed by atoms with E-state index in [1.54, 1.807) is 0 Å². The lowest BCUT2D eigenvalue weighted by Gasteiger charge is -2.26. The van der Waals surface area contributed by atoms with Crippen molar-refractivity contribution in [3.8, 4) is 0 Å². The lowest BCUT2D eigenvalue weighted by Crippen LogP contribution is -2.28. The van der Waals surface area contributed by atoms with Gasteiger partial charge in [-0.3, -0.25) is 0 Å². The van der Waals surface area contributed by atoms with Crippen molar-refractivity contribution in [3.63, 3.8) is 0 Å². The third-order valence-corrected chi connectivity index (χ3v) is 3.25. The van der Waals surface area contributed by atoms with Crippen LogP contribution >= 0.6 is 0 Å². The molecule has 1 saturated carbocycles. The molecule has 0 aromatic carbocycles. The summed E-state index contributed by atoms with van der Waals surface area (Å²) in [5.41, 5.74) is 6.08. The highest BCUT2D eigenvalue weighted by Gasteiger charge is 2.42. The summed E-state index contributed by atoms with van der Waals surface area (Å²) in [7, 11) is 0. The molecule has 78 valence electrons. The average Bonchev–Trinajstić information content (AvgIpc) is 2.84. The van der Waals surface area contributed by atoms with Gasteiger partial charge in [-0.05, 0) is 51.5 Å². The molecule has 0 amide bonds. The molecule has 0 radical (unpaired) electrons. The Kier molecular flexibility index (Phi) is 3.36. The number of ether oxygens (including phenoxy) is 1. The predicted octanol–water partition coefficient (Wildman–Crippen LogP) is 2.32. The van der Waals surface area contributed by atoms with E-state index in [1.807, 2.05) is 0 Å². The van der Waals surface area contributed by atoms with E-state index in [-0.39, 0.29) is 5.60 Å². The summed E-state index contributed by atoms with van der Waals surface area (Å²) in [5, 5.41) is 0. The van der Waals surface area contributed by atoms with Crippen LogP contribution < -0.4 is 5.73 Å². The first-order valence-electron chi connectivity index (χ1n) is 5.38. The SMILES string of the molecule is CCC(C)(C)OCC1(CCN)CC1. The fourth-order valence-corrected chi connectivity index (χ4v) is 1.40. The van der Waals surface area contributed by atoms with Crippen molar-refractivity contribution in [2.45, 2.75) is 52.1 Å². The number of nitrogens with two attached hydrogens (primary N) is 1. The van der Waals surface area contributed by atoms with E-state index in [4.69, 9.17) is 10.5 Å². The van der Waals surface area contributed by atoms with E-state index in [0.717, 1.165) is 26.0 Å². The van der Waals surface area contributed by atoms with Gasteiger partial charge in [0.05, 0.1) is 12.2 Å². The van der Waals surface area contributed by atoms with Crippen LogP contribution in [0.4, 0.5) is 0 Å². The van der Waals surface area contributed by atoms with Gasteiger partial charge < -0.3 is 10.5 Å². The van der Waals surface area contributed by atoms with E-state index in [0.29, 0.717) is 5.41 Å². The Morgan fingerprint density at radius 2 is 2.00 bits per heavy atom. The third-order valence-electron chi connectivity index (χ3n) is 3.25. The molecule has 0 aromatic heterocycles. The molecule has 0 aliphatic heterocycles. The number of rotatable bonds is 6. The van der Waals surface area contributed by atoms with Crippen molar-refractivity contribution >= 4 is 0 Å². The molecule has 0 aromatic rings. The summed E-state index contributed by atoms with van der Waals surface area (Å²) in [6, 6.07) is 0. The molecule has 1 aliphatic carbocycles. The minimum atomic E-state index is 0.0458. The Hall–Kier alpha value is -0.0800. The lowest BCUT2D eigenvalue weighted by molar-refractivity contribution is -0.0438. The van der Waals surface area contributed by atoms with Crippen LogP contribution in [0.25, 0.3) is 0 Å². The first-order valence-corrected chi connectivity index (χ1v) is 5.38. The summed E-state index contributed by atoms with van der Waals surface area (Å²) < 4.78 is 5.90. The van der Waals surface area contributed by atoms with E-state index in [1.165, 1.54) is 12.8 Å². The normalized spacial score (nSPS) is 20.3. The van der Waals surface area contributed by atoms with Crippen LogP contribution in [0.2, 0.25) is 0 Å². The van der Waals surface area contributed by atoms with E-state index >= 15 is 0 Å². The number of hydrogen-bond acceptors (Lipinski definition) is 2. The molecule has 0 atom stereocenters. The zero-order valence-electron chi connectivity index (χ0n) is 9.23. The first kappa shape index (κ1) is 11.0. The predicted molar refractivity (Wildman–Crippen MR) is 55.7 cm³/mol. The molecule has 1 fully saturated rings.